The van der Waals surface area contributed by atoms with Crippen LogP contribution in [0.1, 0.15) is 0 Å². The van der Waals surface area contributed by atoms with Crippen molar-refractivity contribution in [1.82, 2.24) is 0 Å². The maximum absolute atomic E-state index is 3.81. The second kappa shape index (κ2) is 1.45. The van der Waals surface area contributed by atoms with Crippen LogP contribution in [0.15, 0.2) is 4.99 Å². The van der Waals surface area contributed by atoms with Crippen LogP contribution in [0.3, 0.4) is 0 Å². The molecule has 0 atom stereocenters. The molecule has 1 aliphatic heterocycles. The molecule has 0 N–H and O–H groups in total. The number of rotatable bonds is 0. The normalized spacial score (nSPS) is 20.8. The Bertz CT molecular complexity index is 44.9. The summed E-state index contributed by atoms with van der Waals surface area (Å²) in [5.74, 6) is 2.92. The van der Waals surface area contributed by atoms with Gasteiger partial charge in [0.25, 0.3) is 0 Å². The van der Waals surface area contributed by atoms with Crippen LogP contribution >= 0.6 is 11.8 Å². The molecule has 1 heterocycles. The number of aliphatic imine (C=N–C) groups is 1. The van der Waals surface area contributed by atoms with Gasteiger partial charge in [-0.3, -0.25) is 4.99 Å². The van der Waals surface area contributed by atoms with Crippen LogP contribution in [0.4, 0.5) is 0 Å². The first-order valence-corrected chi connectivity index (χ1v) is 2.25. The Morgan fingerprint density at radius 1 is 2.00 bits per heavy atom. The summed E-state index contributed by atoms with van der Waals surface area (Å²) < 4.78 is 0. The highest BCUT2D eigenvalue weighted by Crippen LogP contribution is 2.06. The van der Waals surface area contributed by atoms with E-state index >= 15 is 0 Å². The fourth-order valence-electron chi connectivity index (χ4n) is 0.186. The molecule has 0 fully saturated rings. The van der Waals surface area contributed by atoms with Crippen LogP contribution in [0.25, 0.3) is 0 Å². The first-order chi connectivity index (χ1) is 2.50. The summed E-state index contributed by atoms with van der Waals surface area (Å²) in [5, 5.41) is 0. The van der Waals surface area contributed by atoms with E-state index in [9.17, 15) is 0 Å². The van der Waals surface area contributed by atoms with Crippen molar-refractivity contribution in [3.05, 3.63) is 5.75 Å². The monoisotopic (exact) mass is 85.0 g/mol. The molecule has 0 aromatic rings. The smallest absolute Gasteiger partial charge is 0.0777 e. The SMILES string of the molecule is [C]1CN=CS1. The molecule has 1 nitrogen and oxygen atoms in total. The van der Waals surface area contributed by atoms with Gasteiger partial charge in [-0.2, -0.15) is 0 Å². The second-order valence-corrected chi connectivity index (χ2v) is 1.44. The molecule has 2 radical (unpaired) electrons. The van der Waals surface area contributed by atoms with E-state index in [1.165, 1.54) is 11.8 Å². The third kappa shape index (κ3) is 0.651. The number of hydrogen-bond donors (Lipinski definition) is 0. The molecular formula is C3H3NS. The fraction of sp³-hybridized carbons (Fsp3) is 0.333. The van der Waals surface area contributed by atoms with Crippen LogP contribution in [0.5, 0.6) is 0 Å². The Morgan fingerprint density at radius 2 is 3.00 bits per heavy atom. The average Bonchev–Trinajstić information content (AvgIpc) is 1.76. The van der Waals surface area contributed by atoms with E-state index in [1.54, 1.807) is 5.55 Å². The van der Waals surface area contributed by atoms with E-state index in [-0.39, 0.29) is 0 Å². The number of thioether (sulfide) groups is 1. The maximum atomic E-state index is 3.81. The van der Waals surface area contributed by atoms with Gasteiger partial charge in [0.2, 0.25) is 0 Å². The molecule has 1 rings (SSSR count). The summed E-state index contributed by atoms with van der Waals surface area (Å²) in [6.07, 6.45) is 0. The van der Waals surface area contributed by atoms with Crippen molar-refractivity contribution >= 4 is 17.3 Å². The predicted octanol–water partition coefficient (Wildman–Crippen LogP) is 0.800. The van der Waals surface area contributed by atoms with Crippen LogP contribution in [0, 0.1) is 5.75 Å². The highest BCUT2D eigenvalue weighted by Gasteiger charge is 1.88. The van der Waals surface area contributed by atoms with Crippen LogP contribution < -0.4 is 0 Å². The number of hydrogen-bond acceptors (Lipinski definition) is 2. The predicted molar refractivity (Wildman–Crippen MR) is 24.2 cm³/mol. The summed E-state index contributed by atoms with van der Waals surface area (Å²) in [5.41, 5.74) is 1.79. The van der Waals surface area contributed by atoms with Gasteiger partial charge >= 0.3 is 0 Å². The standard InChI is InChI=1S/C3H3NS/c1-2-5-3-4-1/h3H,1H2. The van der Waals surface area contributed by atoms with Gasteiger partial charge in [-0.05, 0) is 0 Å². The van der Waals surface area contributed by atoms with E-state index in [0.29, 0.717) is 0 Å². The zero-order chi connectivity index (χ0) is 3.54. The summed E-state index contributed by atoms with van der Waals surface area (Å²) >= 11 is 1.53. The molecule has 0 spiro atoms. The molecular weight excluding hydrogens is 82.1 g/mol. The molecule has 0 unspecified atom stereocenters. The minimum Gasteiger partial charge on any atom is -0.285 e. The summed E-state index contributed by atoms with van der Waals surface area (Å²) in [4.78, 5) is 3.81. The van der Waals surface area contributed by atoms with Gasteiger partial charge in [-0.25, -0.2) is 0 Å². The molecule has 0 aromatic heterocycles. The lowest BCUT2D eigenvalue weighted by Crippen LogP contribution is -1.59. The maximum Gasteiger partial charge on any atom is 0.0777 e. The van der Waals surface area contributed by atoms with E-state index in [2.05, 4.69) is 10.7 Å². The van der Waals surface area contributed by atoms with E-state index in [1.807, 2.05) is 0 Å². The van der Waals surface area contributed by atoms with Crippen molar-refractivity contribution in [2.75, 3.05) is 6.54 Å². The van der Waals surface area contributed by atoms with Gasteiger partial charge in [-0.1, -0.05) is 0 Å². The van der Waals surface area contributed by atoms with Crippen molar-refractivity contribution in [3.8, 4) is 0 Å². The highest BCUT2D eigenvalue weighted by atomic mass is 32.2. The van der Waals surface area contributed by atoms with E-state index in [4.69, 9.17) is 0 Å². The zero-order valence-corrected chi connectivity index (χ0v) is 3.46. The Balaban J connectivity index is 2.32. The third-order valence-corrected chi connectivity index (χ3v) is 0.917. The molecule has 2 heteroatoms. The zero-order valence-electron chi connectivity index (χ0n) is 2.64. The van der Waals surface area contributed by atoms with E-state index in [0.717, 1.165) is 6.54 Å². The second-order valence-electron chi connectivity index (χ2n) is 0.708. The van der Waals surface area contributed by atoms with Crippen molar-refractivity contribution in [3.63, 3.8) is 0 Å². The molecule has 5 heavy (non-hydrogen) atoms. The summed E-state index contributed by atoms with van der Waals surface area (Å²) in [6, 6.07) is 0. The summed E-state index contributed by atoms with van der Waals surface area (Å²) in [7, 11) is 0. The highest BCUT2D eigenvalue weighted by molar-refractivity contribution is 8.14. The molecule has 0 amide bonds. The summed E-state index contributed by atoms with van der Waals surface area (Å²) in [6.45, 7) is 0.782. The van der Waals surface area contributed by atoms with Crippen molar-refractivity contribution < 1.29 is 0 Å². The van der Waals surface area contributed by atoms with Gasteiger partial charge in [0, 0.05) is 0 Å². The molecule has 0 aliphatic carbocycles. The number of nitrogens with zero attached hydrogens (tertiary/aromatic N) is 1. The van der Waals surface area contributed by atoms with Gasteiger partial charge in [0.05, 0.1) is 17.8 Å². The van der Waals surface area contributed by atoms with Crippen molar-refractivity contribution in [2.24, 2.45) is 4.99 Å². The Kier molecular flexibility index (Phi) is 0.937. The first-order valence-electron chi connectivity index (χ1n) is 1.37. The van der Waals surface area contributed by atoms with Gasteiger partial charge in [-0.15, -0.1) is 11.8 Å². The lowest BCUT2D eigenvalue weighted by molar-refractivity contribution is 1.26. The Labute approximate surface area is 35.5 Å². The van der Waals surface area contributed by atoms with Crippen LogP contribution in [-0.4, -0.2) is 12.1 Å². The third-order valence-electron chi connectivity index (χ3n) is 0.366. The van der Waals surface area contributed by atoms with Crippen molar-refractivity contribution in [1.29, 1.82) is 0 Å². The quantitative estimate of drug-likeness (QED) is 0.424. The van der Waals surface area contributed by atoms with E-state index < -0.39 is 0 Å². The molecule has 1 aliphatic rings. The van der Waals surface area contributed by atoms with Crippen molar-refractivity contribution in [2.45, 2.75) is 0 Å². The molecule has 0 aromatic carbocycles. The van der Waals surface area contributed by atoms with Gasteiger partial charge < -0.3 is 0 Å². The van der Waals surface area contributed by atoms with Crippen LogP contribution in [0.2, 0.25) is 0 Å². The largest absolute Gasteiger partial charge is 0.285 e. The molecule has 0 saturated heterocycles. The minimum atomic E-state index is 0.782. The Hall–Kier alpha value is 0.0200. The fourth-order valence-corrected chi connectivity index (χ4v) is 0.559. The topological polar surface area (TPSA) is 12.4 Å². The molecule has 26 valence electrons. The lowest BCUT2D eigenvalue weighted by Gasteiger charge is -1.64. The first kappa shape index (κ1) is 3.22. The molecule has 0 bridgehead atoms. The minimum absolute atomic E-state index is 0.782. The Morgan fingerprint density at radius 3 is 3.20 bits per heavy atom. The van der Waals surface area contributed by atoms with Gasteiger partial charge in [0.1, 0.15) is 0 Å². The van der Waals surface area contributed by atoms with Crippen LogP contribution in [-0.2, 0) is 0 Å². The molecule has 0 saturated carbocycles. The lowest BCUT2D eigenvalue weighted by atomic mass is 10.8. The van der Waals surface area contributed by atoms with Gasteiger partial charge in [0.15, 0.2) is 0 Å². The average molecular weight is 85.1 g/mol.